The molecular weight excluding hydrogens is 234 g/mol. The summed E-state index contributed by atoms with van der Waals surface area (Å²) in [6, 6.07) is 1.85. The van der Waals surface area contributed by atoms with E-state index in [-0.39, 0.29) is 5.95 Å². The van der Waals surface area contributed by atoms with E-state index >= 15 is 0 Å². The highest BCUT2D eigenvalue weighted by Crippen LogP contribution is 2.25. The monoisotopic (exact) mass is 249 g/mol. The summed E-state index contributed by atoms with van der Waals surface area (Å²) in [5.74, 6) is 0.961. The minimum Gasteiger partial charge on any atom is -0.368 e. The van der Waals surface area contributed by atoms with Crippen LogP contribution in [0.15, 0.2) is 6.07 Å². The molecule has 0 unspecified atom stereocenters. The molecule has 2 heterocycles. The van der Waals surface area contributed by atoms with Gasteiger partial charge in [0.1, 0.15) is 5.82 Å². The predicted molar refractivity (Wildman–Crippen MR) is 70.7 cm³/mol. The molecule has 2 aromatic rings. The van der Waals surface area contributed by atoms with Gasteiger partial charge in [-0.25, -0.2) is 9.97 Å². The molecule has 17 heavy (non-hydrogen) atoms. The molecule has 0 amide bonds. The van der Waals surface area contributed by atoms with Crippen LogP contribution in [-0.4, -0.2) is 15.0 Å². The first-order chi connectivity index (χ1) is 8.08. The van der Waals surface area contributed by atoms with Crippen molar-refractivity contribution in [1.82, 2.24) is 15.0 Å². The number of hydrogen-bond donors (Lipinski definition) is 2. The van der Waals surface area contributed by atoms with E-state index in [9.17, 15) is 0 Å². The molecule has 2 rings (SSSR count). The fraction of sp³-hybridized carbons (Fsp3) is 0.364. The first-order valence-corrected chi connectivity index (χ1v) is 6.24. The van der Waals surface area contributed by atoms with Crippen molar-refractivity contribution in [2.24, 2.45) is 0 Å². The summed E-state index contributed by atoms with van der Waals surface area (Å²) in [5.41, 5.74) is 7.55. The van der Waals surface area contributed by atoms with Gasteiger partial charge in [-0.3, -0.25) is 0 Å². The molecule has 0 aromatic carbocycles. The van der Waals surface area contributed by atoms with E-state index < -0.39 is 0 Å². The largest absolute Gasteiger partial charge is 0.368 e. The van der Waals surface area contributed by atoms with Crippen molar-refractivity contribution in [3.63, 3.8) is 0 Å². The Morgan fingerprint density at radius 1 is 1.29 bits per heavy atom. The number of aryl methyl sites for hydroxylation is 3. The summed E-state index contributed by atoms with van der Waals surface area (Å²) in [4.78, 5) is 13.9. The van der Waals surface area contributed by atoms with Crippen LogP contribution in [0.4, 0.5) is 16.9 Å². The van der Waals surface area contributed by atoms with Gasteiger partial charge in [0.2, 0.25) is 5.95 Å². The summed E-state index contributed by atoms with van der Waals surface area (Å²) in [6.45, 7) is 6.05. The smallest absolute Gasteiger partial charge is 0.222 e. The van der Waals surface area contributed by atoms with Crippen molar-refractivity contribution in [2.75, 3.05) is 11.1 Å². The van der Waals surface area contributed by atoms with Gasteiger partial charge >= 0.3 is 0 Å². The zero-order valence-electron chi connectivity index (χ0n) is 10.1. The van der Waals surface area contributed by atoms with Gasteiger partial charge < -0.3 is 11.1 Å². The van der Waals surface area contributed by atoms with E-state index in [4.69, 9.17) is 5.73 Å². The fourth-order valence-electron chi connectivity index (χ4n) is 1.57. The summed E-state index contributed by atoms with van der Waals surface area (Å²) < 4.78 is 0. The number of anilines is 3. The molecule has 0 aliphatic heterocycles. The Balaban J connectivity index is 2.24. The zero-order valence-corrected chi connectivity index (χ0v) is 10.9. The second-order valence-electron chi connectivity index (χ2n) is 3.75. The van der Waals surface area contributed by atoms with Gasteiger partial charge in [0.15, 0.2) is 5.13 Å². The fourth-order valence-corrected chi connectivity index (χ4v) is 2.48. The average Bonchev–Trinajstić information content (AvgIpc) is 2.57. The molecule has 0 radical (unpaired) electrons. The second-order valence-corrected chi connectivity index (χ2v) is 4.96. The van der Waals surface area contributed by atoms with Crippen LogP contribution in [-0.2, 0) is 6.42 Å². The molecule has 0 saturated heterocycles. The summed E-state index contributed by atoms with van der Waals surface area (Å²) in [5, 5.41) is 4.00. The minimum absolute atomic E-state index is 0.275. The van der Waals surface area contributed by atoms with Gasteiger partial charge in [-0.1, -0.05) is 6.92 Å². The number of hydrogen-bond acceptors (Lipinski definition) is 6. The quantitative estimate of drug-likeness (QED) is 0.873. The minimum atomic E-state index is 0.275. The first-order valence-electron chi connectivity index (χ1n) is 5.43. The Hall–Kier alpha value is -1.69. The highest BCUT2D eigenvalue weighted by molar-refractivity contribution is 7.15. The van der Waals surface area contributed by atoms with E-state index in [0.29, 0.717) is 5.82 Å². The Bertz CT molecular complexity index is 514. The topological polar surface area (TPSA) is 76.7 Å². The first kappa shape index (κ1) is 11.8. The molecule has 3 N–H and O–H groups in total. The molecule has 6 heteroatoms. The van der Waals surface area contributed by atoms with Crippen LogP contribution in [0.5, 0.6) is 0 Å². The molecule has 0 saturated carbocycles. The molecular formula is C11H15N5S. The van der Waals surface area contributed by atoms with Crippen molar-refractivity contribution in [2.45, 2.75) is 27.2 Å². The van der Waals surface area contributed by atoms with E-state index in [1.54, 1.807) is 11.3 Å². The van der Waals surface area contributed by atoms with E-state index in [1.165, 1.54) is 4.88 Å². The van der Waals surface area contributed by atoms with Crippen molar-refractivity contribution in [1.29, 1.82) is 0 Å². The molecule has 2 aromatic heterocycles. The number of nitrogens with one attached hydrogen (secondary N) is 1. The van der Waals surface area contributed by atoms with Gasteiger partial charge in [-0.15, -0.1) is 11.3 Å². The van der Waals surface area contributed by atoms with Crippen LogP contribution in [0.2, 0.25) is 0 Å². The van der Waals surface area contributed by atoms with E-state index in [2.05, 4.69) is 34.1 Å². The molecule has 0 bridgehead atoms. The van der Waals surface area contributed by atoms with E-state index in [1.807, 2.05) is 13.0 Å². The third kappa shape index (κ3) is 2.71. The number of thiazole rings is 1. The SMILES string of the molecule is CCc1nc(Nc2cc(C)nc(N)n2)sc1C. The lowest BCUT2D eigenvalue weighted by Gasteiger charge is -2.03. The van der Waals surface area contributed by atoms with Crippen LogP contribution in [0, 0.1) is 13.8 Å². The Morgan fingerprint density at radius 2 is 2.06 bits per heavy atom. The molecule has 0 atom stereocenters. The lowest BCUT2D eigenvalue weighted by Crippen LogP contribution is -2.01. The van der Waals surface area contributed by atoms with Crippen LogP contribution >= 0.6 is 11.3 Å². The van der Waals surface area contributed by atoms with Crippen LogP contribution in [0.1, 0.15) is 23.2 Å². The average molecular weight is 249 g/mol. The Kier molecular flexibility index (Phi) is 3.23. The maximum absolute atomic E-state index is 5.60. The summed E-state index contributed by atoms with van der Waals surface area (Å²) in [6.07, 6.45) is 0.939. The molecule has 5 nitrogen and oxygen atoms in total. The molecule has 0 spiro atoms. The molecule has 0 fully saturated rings. The van der Waals surface area contributed by atoms with Gasteiger partial charge in [-0.05, 0) is 20.3 Å². The number of nitrogens with zero attached hydrogens (tertiary/aromatic N) is 3. The van der Waals surface area contributed by atoms with Crippen LogP contribution < -0.4 is 11.1 Å². The number of rotatable bonds is 3. The summed E-state index contributed by atoms with van der Waals surface area (Å²) in [7, 11) is 0. The van der Waals surface area contributed by atoms with Gasteiger partial charge in [0.05, 0.1) is 5.69 Å². The molecule has 0 aliphatic carbocycles. The van der Waals surface area contributed by atoms with Crippen molar-refractivity contribution < 1.29 is 0 Å². The van der Waals surface area contributed by atoms with Crippen LogP contribution in [0.3, 0.4) is 0 Å². The number of nitrogen functional groups attached to an aromatic ring is 1. The lowest BCUT2D eigenvalue weighted by molar-refractivity contribution is 1.04. The zero-order chi connectivity index (χ0) is 12.4. The van der Waals surface area contributed by atoms with Gasteiger partial charge in [0, 0.05) is 16.6 Å². The third-order valence-electron chi connectivity index (χ3n) is 2.33. The number of aromatic nitrogens is 3. The number of nitrogens with two attached hydrogens (primary N) is 1. The standard InChI is InChI=1S/C11H15N5S/c1-4-8-7(3)17-11(14-8)16-9-5-6(2)13-10(12)15-9/h5H,4H2,1-3H3,(H3,12,13,14,15,16). The highest BCUT2D eigenvalue weighted by atomic mass is 32.1. The lowest BCUT2D eigenvalue weighted by atomic mass is 10.3. The van der Waals surface area contributed by atoms with Crippen molar-refractivity contribution in [3.05, 3.63) is 22.3 Å². The second kappa shape index (κ2) is 4.67. The van der Waals surface area contributed by atoms with Crippen LogP contribution in [0.25, 0.3) is 0 Å². The summed E-state index contributed by atoms with van der Waals surface area (Å²) >= 11 is 1.62. The highest BCUT2D eigenvalue weighted by Gasteiger charge is 2.07. The Morgan fingerprint density at radius 3 is 2.65 bits per heavy atom. The van der Waals surface area contributed by atoms with Gasteiger partial charge in [-0.2, -0.15) is 4.98 Å². The Labute approximate surface area is 104 Å². The predicted octanol–water partition coefficient (Wildman–Crippen LogP) is 2.44. The normalized spacial score (nSPS) is 10.5. The van der Waals surface area contributed by atoms with Gasteiger partial charge in [0.25, 0.3) is 0 Å². The molecule has 0 aliphatic rings. The van der Waals surface area contributed by atoms with E-state index in [0.717, 1.165) is 22.9 Å². The maximum atomic E-state index is 5.60. The molecule has 90 valence electrons. The van der Waals surface area contributed by atoms with Crippen molar-refractivity contribution >= 4 is 28.2 Å². The van der Waals surface area contributed by atoms with Crippen molar-refractivity contribution in [3.8, 4) is 0 Å². The maximum Gasteiger partial charge on any atom is 0.222 e. The third-order valence-corrected chi connectivity index (χ3v) is 3.26.